The van der Waals surface area contributed by atoms with E-state index in [1.165, 1.54) is 25.7 Å². The molecule has 1 aromatic carbocycles. The number of nitrogens with one attached hydrogen (secondary N) is 2. The summed E-state index contributed by atoms with van der Waals surface area (Å²) in [6.45, 7) is 4.06. The third-order valence-electron chi connectivity index (χ3n) is 4.36. The van der Waals surface area contributed by atoms with Gasteiger partial charge in [-0.2, -0.15) is 0 Å². The number of nitrogens with zero attached hydrogens (tertiary/aromatic N) is 1. The minimum absolute atomic E-state index is 0. The highest BCUT2D eigenvalue weighted by Crippen LogP contribution is 2.36. The van der Waals surface area contributed by atoms with E-state index in [0.717, 1.165) is 23.8 Å². The van der Waals surface area contributed by atoms with E-state index in [4.69, 9.17) is 4.74 Å². The summed E-state index contributed by atoms with van der Waals surface area (Å²) < 4.78 is 5.37. The molecule has 0 saturated heterocycles. The molecule has 124 valence electrons. The van der Waals surface area contributed by atoms with Gasteiger partial charge in [-0.25, -0.2) is 0 Å². The van der Waals surface area contributed by atoms with Gasteiger partial charge >= 0.3 is 0 Å². The van der Waals surface area contributed by atoms with Crippen molar-refractivity contribution in [2.24, 2.45) is 10.4 Å². The minimum atomic E-state index is 0. The second-order valence-corrected chi connectivity index (χ2v) is 6.11. The van der Waals surface area contributed by atoms with Crippen molar-refractivity contribution in [3.8, 4) is 5.75 Å². The molecule has 0 amide bonds. The fraction of sp³-hybridized carbons (Fsp3) is 0.588. The summed E-state index contributed by atoms with van der Waals surface area (Å²) in [5.74, 6) is 1.76. The average Bonchev–Trinajstić information content (AvgIpc) is 2.95. The lowest BCUT2D eigenvalue weighted by Gasteiger charge is -2.25. The second-order valence-electron chi connectivity index (χ2n) is 6.11. The number of methoxy groups -OCH3 is 1. The number of hydrogen-bond acceptors (Lipinski definition) is 2. The molecule has 0 aromatic heterocycles. The molecule has 2 rings (SSSR count). The van der Waals surface area contributed by atoms with E-state index in [0.29, 0.717) is 12.0 Å². The van der Waals surface area contributed by atoms with Crippen molar-refractivity contribution >= 4 is 29.9 Å². The van der Waals surface area contributed by atoms with E-state index < -0.39 is 0 Å². The number of guanidine groups is 1. The van der Waals surface area contributed by atoms with Gasteiger partial charge in [0.1, 0.15) is 5.75 Å². The van der Waals surface area contributed by atoms with E-state index in [9.17, 15) is 0 Å². The molecule has 0 atom stereocenters. The molecule has 0 aliphatic heterocycles. The fourth-order valence-electron chi connectivity index (χ4n) is 2.95. The number of rotatable bonds is 5. The molecule has 4 nitrogen and oxygen atoms in total. The molecular weight excluding hydrogens is 389 g/mol. The number of hydrogen-bond donors (Lipinski definition) is 2. The summed E-state index contributed by atoms with van der Waals surface area (Å²) in [5.41, 5.74) is 1.55. The Morgan fingerprint density at radius 1 is 1.23 bits per heavy atom. The van der Waals surface area contributed by atoms with Crippen LogP contribution in [0, 0.1) is 5.41 Å². The zero-order valence-corrected chi connectivity index (χ0v) is 16.1. The van der Waals surface area contributed by atoms with Gasteiger partial charge in [-0.1, -0.05) is 38.0 Å². The Labute approximate surface area is 151 Å². The first kappa shape index (κ1) is 19.1. The SMILES string of the molecule is CN=C(NCc1ccccc1OC)NCC1(C)CCCC1.I. The van der Waals surface area contributed by atoms with Crippen LogP contribution in [-0.4, -0.2) is 26.7 Å². The maximum absolute atomic E-state index is 5.37. The number of para-hydroxylation sites is 1. The molecule has 1 saturated carbocycles. The Morgan fingerprint density at radius 2 is 1.91 bits per heavy atom. The third kappa shape index (κ3) is 5.34. The van der Waals surface area contributed by atoms with Crippen LogP contribution in [0.25, 0.3) is 0 Å². The standard InChI is InChI=1S/C17H27N3O.HI/c1-17(10-6-7-11-17)13-20-16(18-2)19-12-14-8-4-5-9-15(14)21-3;/h4-5,8-9H,6-7,10-13H2,1-3H3,(H2,18,19,20);1H. The minimum Gasteiger partial charge on any atom is -0.496 e. The molecule has 1 aliphatic carbocycles. The molecule has 2 N–H and O–H groups in total. The van der Waals surface area contributed by atoms with Gasteiger partial charge in [-0.15, -0.1) is 24.0 Å². The molecule has 5 heteroatoms. The molecule has 0 bridgehead atoms. The quantitative estimate of drug-likeness (QED) is 0.438. The van der Waals surface area contributed by atoms with Crippen LogP contribution in [0.15, 0.2) is 29.3 Å². The van der Waals surface area contributed by atoms with Gasteiger partial charge in [0.2, 0.25) is 0 Å². The normalized spacial score (nSPS) is 16.8. The number of ether oxygens (including phenoxy) is 1. The zero-order valence-electron chi connectivity index (χ0n) is 13.8. The van der Waals surface area contributed by atoms with Crippen molar-refractivity contribution < 1.29 is 4.74 Å². The molecule has 1 aliphatic rings. The first-order valence-electron chi connectivity index (χ1n) is 7.73. The summed E-state index contributed by atoms with van der Waals surface area (Å²) in [6.07, 6.45) is 5.32. The Morgan fingerprint density at radius 3 is 2.55 bits per heavy atom. The predicted molar refractivity (Wildman–Crippen MR) is 103 cm³/mol. The number of aliphatic imine (C=N–C) groups is 1. The molecule has 0 spiro atoms. The van der Waals surface area contributed by atoms with Gasteiger partial charge < -0.3 is 15.4 Å². The number of halogens is 1. The number of benzene rings is 1. The van der Waals surface area contributed by atoms with Crippen molar-refractivity contribution in [2.45, 2.75) is 39.2 Å². The van der Waals surface area contributed by atoms with E-state index >= 15 is 0 Å². The molecule has 0 heterocycles. The van der Waals surface area contributed by atoms with Crippen LogP contribution in [0.2, 0.25) is 0 Å². The van der Waals surface area contributed by atoms with Gasteiger partial charge in [0, 0.05) is 25.7 Å². The largest absolute Gasteiger partial charge is 0.496 e. The van der Waals surface area contributed by atoms with Crippen molar-refractivity contribution in [3.63, 3.8) is 0 Å². The van der Waals surface area contributed by atoms with Crippen LogP contribution in [0.1, 0.15) is 38.2 Å². The van der Waals surface area contributed by atoms with Gasteiger partial charge in [-0.3, -0.25) is 4.99 Å². The maximum Gasteiger partial charge on any atom is 0.191 e. The lowest BCUT2D eigenvalue weighted by atomic mass is 9.89. The summed E-state index contributed by atoms with van der Waals surface area (Å²) in [5, 5.41) is 6.82. The Bertz CT molecular complexity index is 485. The van der Waals surface area contributed by atoms with Gasteiger partial charge in [0.15, 0.2) is 5.96 Å². The second kappa shape index (κ2) is 9.22. The Balaban J connectivity index is 0.00000242. The van der Waals surface area contributed by atoms with E-state index in [1.807, 2.05) is 25.2 Å². The lowest BCUT2D eigenvalue weighted by Crippen LogP contribution is -2.41. The predicted octanol–water partition coefficient (Wildman–Crippen LogP) is 3.56. The lowest BCUT2D eigenvalue weighted by molar-refractivity contribution is 0.334. The molecule has 0 radical (unpaired) electrons. The van der Waals surface area contributed by atoms with Crippen LogP contribution in [0.4, 0.5) is 0 Å². The van der Waals surface area contributed by atoms with E-state index in [2.05, 4.69) is 28.6 Å². The Hall–Kier alpha value is -0.980. The van der Waals surface area contributed by atoms with Crippen molar-refractivity contribution in [2.75, 3.05) is 20.7 Å². The molecular formula is C17H28IN3O. The van der Waals surface area contributed by atoms with E-state index in [1.54, 1.807) is 7.11 Å². The monoisotopic (exact) mass is 417 g/mol. The molecule has 22 heavy (non-hydrogen) atoms. The maximum atomic E-state index is 5.37. The van der Waals surface area contributed by atoms with Crippen LogP contribution >= 0.6 is 24.0 Å². The van der Waals surface area contributed by atoms with Crippen molar-refractivity contribution in [3.05, 3.63) is 29.8 Å². The first-order chi connectivity index (χ1) is 10.2. The third-order valence-corrected chi connectivity index (χ3v) is 4.36. The van der Waals surface area contributed by atoms with Crippen molar-refractivity contribution in [1.82, 2.24) is 10.6 Å². The zero-order chi connectivity index (χ0) is 15.1. The highest BCUT2D eigenvalue weighted by atomic mass is 127. The van der Waals surface area contributed by atoms with E-state index in [-0.39, 0.29) is 24.0 Å². The molecule has 1 fully saturated rings. The first-order valence-corrected chi connectivity index (χ1v) is 7.73. The molecule has 0 unspecified atom stereocenters. The van der Waals surface area contributed by atoms with Crippen molar-refractivity contribution in [1.29, 1.82) is 0 Å². The summed E-state index contributed by atoms with van der Waals surface area (Å²) in [4.78, 5) is 4.30. The fourth-order valence-corrected chi connectivity index (χ4v) is 2.95. The van der Waals surface area contributed by atoms with Crippen LogP contribution < -0.4 is 15.4 Å². The highest BCUT2D eigenvalue weighted by Gasteiger charge is 2.28. The van der Waals surface area contributed by atoms with Gasteiger partial charge in [0.05, 0.1) is 7.11 Å². The highest BCUT2D eigenvalue weighted by molar-refractivity contribution is 14.0. The summed E-state index contributed by atoms with van der Waals surface area (Å²) in [6, 6.07) is 8.05. The Kier molecular flexibility index (Phi) is 8.00. The van der Waals surface area contributed by atoms with Crippen LogP contribution in [0.3, 0.4) is 0 Å². The summed E-state index contributed by atoms with van der Waals surface area (Å²) in [7, 11) is 3.52. The smallest absolute Gasteiger partial charge is 0.191 e. The topological polar surface area (TPSA) is 45.7 Å². The average molecular weight is 417 g/mol. The van der Waals surface area contributed by atoms with Crippen LogP contribution in [-0.2, 0) is 6.54 Å². The van der Waals surface area contributed by atoms with Gasteiger partial charge in [0.25, 0.3) is 0 Å². The molecule has 1 aromatic rings. The van der Waals surface area contributed by atoms with Gasteiger partial charge in [-0.05, 0) is 24.3 Å². The summed E-state index contributed by atoms with van der Waals surface area (Å²) >= 11 is 0. The van der Waals surface area contributed by atoms with Crippen LogP contribution in [0.5, 0.6) is 5.75 Å².